The second-order valence-corrected chi connectivity index (χ2v) is 5.62. The molecule has 1 atom stereocenters. The normalized spacial score (nSPS) is 18.2. The SMILES string of the molecule is CCc1nc(C(=O)N2CCNC[C@H]2C)nn1-c1ccccc1F. The molecule has 2 aromatic rings. The fourth-order valence-electron chi connectivity index (χ4n) is 2.75. The summed E-state index contributed by atoms with van der Waals surface area (Å²) in [6.07, 6.45) is 0.561. The van der Waals surface area contributed by atoms with E-state index in [4.69, 9.17) is 0 Å². The summed E-state index contributed by atoms with van der Waals surface area (Å²) in [4.78, 5) is 18.8. The van der Waals surface area contributed by atoms with E-state index >= 15 is 0 Å². The first-order valence-electron chi connectivity index (χ1n) is 7.84. The Morgan fingerprint density at radius 3 is 2.91 bits per heavy atom. The van der Waals surface area contributed by atoms with E-state index in [2.05, 4.69) is 15.4 Å². The summed E-state index contributed by atoms with van der Waals surface area (Å²) in [5.41, 5.74) is 0.309. The predicted octanol–water partition coefficient (Wildman–Crippen LogP) is 1.40. The number of carbonyl (C=O) groups excluding carboxylic acids is 1. The van der Waals surface area contributed by atoms with E-state index in [0.29, 0.717) is 24.5 Å². The third-order valence-corrected chi connectivity index (χ3v) is 4.02. The van der Waals surface area contributed by atoms with Crippen molar-refractivity contribution in [3.8, 4) is 5.69 Å². The molecule has 1 aliphatic rings. The number of piperazine rings is 1. The van der Waals surface area contributed by atoms with Gasteiger partial charge in [0, 0.05) is 32.1 Å². The van der Waals surface area contributed by atoms with Crippen LogP contribution in [0.15, 0.2) is 24.3 Å². The largest absolute Gasteiger partial charge is 0.331 e. The van der Waals surface area contributed by atoms with Gasteiger partial charge in [-0.15, -0.1) is 5.10 Å². The first-order chi connectivity index (χ1) is 11.1. The predicted molar refractivity (Wildman–Crippen MR) is 84.1 cm³/mol. The van der Waals surface area contributed by atoms with Gasteiger partial charge in [-0.05, 0) is 19.1 Å². The molecule has 3 rings (SSSR count). The number of amides is 1. The molecule has 7 heteroatoms. The first-order valence-corrected chi connectivity index (χ1v) is 7.84. The van der Waals surface area contributed by atoms with Crippen molar-refractivity contribution in [3.63, 3.8) is 0 Å². The highest BCUT2D eigenvalue weighted by Crippen LogP contribution is 2.16. The summed E-state index contributed by atoms with van der Waals surface area (Å²) >= 11 is 0. The fourth-order valence-corrected chi connectivity index (χ4v) is 2.75. The van der Waals surface area contributed by atoms with Crippen LogP contribution in [0.4, 0.5) is 4.39 Å². The Balaban J connectivity index is 1.96. The van der Waals surface area contributed by atoms with Crippen molar-refractivity contribution in [2.45, 2.75) is 26.3 Å². The number of rotatable bonds is 3. The van der Waals surface area contributed by atoms with Gasteiger partial charge in [0.15, 0.2) is 0 Å². The standard InChI is InChI=1S/C16H20FN5O/c1-3-14-19-15(16(23)21-9-8-18-10-11(21)2)20-22(14)13-7-5-4-6-12(13)17/h4-7,11,18H,3,8-10H2,1-2H3/t11-/m1/s1. The average Bonchev–Trinajstić information content (AvgIpc) is 2.99. The van der Waals surface area contributed by atoms with Crippen LogP contribution >= 0.6 is 0 Å². The molecule has 1 saturated heterocycles. The van der Waals surface area contributed by atoms with Crippen LogP contribution in [-0.2, 0) is 6.42 Å². The van der Waals surface area contributed by atoms with Crippen molar-refractivity contribution in [3.05, 3.63) is 41.7 Å². The van der Waals surface area contributed by atoms with Crippen molar-refractivity contribution in [1.82, 2.24) is 25.0 Å². The lowest BCUT2D eigenvalue weighted by Gasteiger charge is -2.33. The van der Waals surface area contributed by atoms with E-state index in [1.165, 1.54) is 10.7 Å². The molecule has 0 spiro atoms. The van der Waals surface area contributed by atoms with Crippen LogP contribution < -0.4 is 5.32 Å². The molecule has 1 aromatic heterocycles. The molecule has 0 saturated carbocycles. The number of aryl methyl sites for hydroxylation is 1. The molecule has 2 heterocycles. The van der Waals surface area contributed by atoms with Gasteiger partial charge in [0.1, 0.15) is 17.3 Å². The number of nitrogens with one attached hydrogen (secondary N) is 1. The highest BCUT2D eigenvalue weighted by molar-refractivity contribution is 5.90. The second-order valence-electron chi connectivity index (χ2n) is 5.62. The van der Waals surface area contributed by atoms with E-state index in [1.54, 1.807) is 23.1 Å². The van der Waals surface area contributed by atoms with Crippen molar-refractivity contribution in [2.24, 2.45) is 0 Å². The Kier molecular flexibility index (Phi) is 4.38. The molecule has 6 nitrogen and oxygen atoms in total. The van der Waals surface area contributed by atoms with Crippen molar-refractivity contribution < 1.29 is 9.18 Å². The van der Waals surface area contributed by atoms with E-state index in [-0.39, 0.29) is 23.6 Å². The summed E-state index contributed by atoms with van der Waals surface area (Å²) in [6, 6.07) is 6.44. The van der Waals surface area contributed by atoms with Crippen LogP contribution in [-0.4, -0.2) is 51.2 Å². The van der Waals surface area contributed by atoms with Crippen LogP contribution in [0.3, 0.4) is 0 Å². The lowest BCUT2D eigenvalue weighted by molar-refractivity contribution is 0.0643. The second kappa shape index (κ2) is 6.45. The number of aromatic nitrogens is 3. The average molecular weight is 317 g/mol. The van der Waals surface area contributed by atoms with Gasteiger partial charge in [-0.2, -0.15) is 0 Å². The third kappa shape index (κ3) is 2.96. The number of carbonyl (C=O) groups is 1. The maximum atomic E-state index is 14.0. The smallest absolute Gasteiger partial charge is 0.293 e. The molecule has 0 radical (unpaired) electrons. The van der Waals surface area contributed by atoms with Crippen molar-refractivity contribution in [1.29, 1.82) is 0 Å². The summed E-state index contributed by atoms with van der Waals surface area (Å²) < 4.78 is 15.5. The Morgan fingerprint density at radius 1 is 1.43 bits per heavy atom. The molecular formula is C16H20FN5O. The minimum absolute atomic E-state index is 0.0849. The van der Waals surface area contributed by atoms with Crippen molar-refractivity contribution >= 4 is 5.91 Å². The van der Waals surface area contributed by atoms with Crippen LogP contribution in [0.1, 0.15) is 30.3 Å². The molecule has 1 fully saturated rings. The molecule has 23 heavy (non-hydrogen) atoms. The minimum atomic E-state index is -0.387. The van der Waals surface area contributed by atoms with Gasteiger partial charge in [0.05, 0.1) is 0 Å². The van der Waals surface area contributed by atoms with Crippen LogP contribution in [0, 0.1) is 5.82 Å². The van der Waals surface area contributed by atoms with E-state index < -0.39 is 0 Å². The minimum Gasteiger partial charge on any atom is -0.331 e. The number of para-hydroxylation sites is 1. The molecule has 0 aliphatic carbocycles. The van der Waals surface area contributed by atoms with Crippen LogP contribution in [0.2, 0.25) is 0 Å². The Hall–Kier alpha value is -2.28. The quantitative estimate of drug-likeness (QED) is 0.929. The molecule has 122 valence electrons. The Morgan fingerprint density at radius 2 is 2.22 bits per heavy atom. The number of hydrogen-bond donors (Lipinski definition) is 1. The lowest BCUT2D eigenvalue weighted by atomic mass is 10.2. The van der Waals surface area contributed by atoms with E-state index in [0.717, 1.165) is 13.1 Å². The van der Waals surface area contributed by atoms with E-state index in [1.807, 2.05) is 13.8 Å². The summed E-state index contributed by atoms with van der Waals surface area (Å²) in [7, 11) is 0. The molecule has 1 aliphatic heterocycles. The monoisotopic (exact) mass is 317 g/mol. The molecule has 1 amide bonds. The Bertz CT molecular complexity index is 714. The van der Waals surface area contributed by atoms with Gasteiger partial charge >= 0.3 is 0 Å². The maximum absolute atomic E-state index is 14.0. The Labute approximate surface area is 134 Å². The van der Waals surface area contributed by atoms with Gasteiger partial charge in [0.2, 0.25) is 5.82 Å². The zero-order valence-corrected chi connectivity index (χ0v) is 13.3. The summed E-state index contributed by atoms with van der Waals surface area (Å²) in [5, 5.41) is 7.52. The van der Waals surface area contributed by atoms with Gasteiger partial charge in [0.25, 0.3) is 5.91 Å². The zero-order chi connectivity index (χ0) is 16.4. The fraction of sp³-hybridized carbons (Fsp3) is 0.438. The highest BCUT2D eigenvalue weighted by atomic mass is 19.1. The van der Waals surface area contributed by atoms with Crippen LogP contribution in [0.25, 0.3) is 5.69 Å². The number of nitrogens with zero attached hydrogens (tertiary/aromatic N) is 4. The number of halogens is 1. The van der Waals surface area contributed by atoms with Crippen LogP contribution in [0.5, 0.6) is 0 Å². The van der Waals surface area contributed by atoms with Crippen molar-refractivity contribution in [2.75, 3.05) is 19.6 Å². The highest BCUT2D eigenvalue weighted by Gasteiger charge is 2.28. The van der Waals surface area contributed by atoms with Gasteiger partial charge in [-0.1, -0.05) is 19.1 Å². The summed E-state index contributed by atoms with van der Waals surface area (Å²) in [6.45, 7) is 6.02. The lowest BCUT2D eigenvalue weighted by Crippen LogP contribution is -2.52. The van der Waals surface area contributed by atoms with Gasteiger partial charge < -0.3 is 10.2 Å². The maximum Gasteiger partial charge on any atom is 0.293 e. The first kappa shape index (κ1) is 15.6. The van der Waals surface area contributed by atoms with Gasteiger partial charge in [-0.25, -0.2) is 14.1 Å². The molecular weight excluding hydrogens is 297 g/mol. The molecule has 1 aromatic carbocycles. The molecule has 1 N–H and O–H groups in total. The summed E-state index contributed by atoms with van der Waals surface area (Å²) in [5.74, 6) is 0.102. The van der Waals surface area contributed by atoms with Gasteiger partial charge in [-0.3, -0.25) is 4.79 Å². The number of hydrogen-bond acceptors (Lipinski definition) is 4. The molecule has 0 bridgehead atoms. The van der Waals surface area contributed by atoms with E-state index in [9.17, 15) is 9.18 Å². The third-order valence-electron chi connectivity index (χ3n) is 4.02. The number of benzene rings is 1. The zero-order valence-electron chi connectivity index (χ0n) is 13.3. The molecule has 0 unspecified atom stereocenters. The topological polar surface area (TPSA) is 63.1 Å².